The van der Waals surface area contributed by atoms with Gasteiger partial charge in [0.1, 0.15) is 5.84 Å². The Morgan fingerprint density at radius 3 is 2.14 bits per heavy atom. The minimum absolute atomic E-state index is 0.600. The van der Waals surface area contributed by atoms with E-state index in [4.69, 9.17) is 5.41 Å². The average Bonchev–Trinajstić information content (AvgIpc) is 2.20. The van der Waals surface area contributed by atoms with E-state index in [2.05, 4.69) is 29.8 Å². The lowest BCUT2D eigenvalue weighted by Crippen LogP contribution is -2.30. The average molecular weight is 255 g/mol. The van der Waals surface area contributed by atoms with Gasteiger partial charge in [0.05, 0.1) is 0 Å². The lowest BCUT2D eigenvalue weighted by Gasteiger charge is -2.21. The van der Waals surface area contributed by atoms with Crippen LogP contribution in [0.1, 0.15) is 19.4 Å². The number of amidine groups is 1. The molecule has 0 fully saturated rings. The fourth-order valence-corrected chi connectivity index (χ4v) is 1.59. The number of nitrogens with zero attached hydrogens (tertiary/aromatic N) is 1. The second kappa shape index (κ2) is 5.15. The molecule has 0 aliphatic rings. The fraction of sp³-hybridized carbons (Fsp3) is 0.364. The molecule has 1 N–H and O–H groups in total. The molecule has 1 aromatic carbocycles. The molecule has 1 aromatic rings. The molecule has 0 saturated carbocycles. The summed E-state index contributed by atoms with van der Waals surface area (Å²) in [5.41, 5.74) is 0.969. The van der Waals surface area contributed by atoms with Crippen molar-refractivity contribution in [1.82, 2.24) is 4.90 Å². The highest BCUT2D eigenvalue weighted by Gasteiger charge is 2.06. The Morgan fingerprint density at radius 1 is 1.21 bits per heavy atom. The number of rotatable bonds is 3. The first-order valence-corrected chi connectivity index (χ1v) is 5.57. The summed E-state index contributed by atoms with van der Waals surface area (Å²) in [6.45, 7) is 5.89. The van der Waals surface area contributed by atoms with Crippen LogP contribution in [0.25, 0.3) is 0 Å². The first kappa shape index (κ1) is 11.2. The van der Waals surface area contributed by atoms with Crippen LogP contribution in [0.15, 0.2) is 28.7 Å². The van der Waals surface area contributed by atoms with Crippen LogP contribution in [0, 0.1) is 5.41 Å². The molecule has 0 atom stereocenters. The van der Waals surface area contributed by atoms with Crippen LogP contribution in [-0.4, -0.2) is 23.8 Å². The van der Waals surface area contributed by atoms with Gasteiger partial charge in [0.15, 0.2) is 0 Å². The Kier molecular flexibility index (Phi) is 4.14. The van der Waals surface area contributed by atoms with E-state index in [1.807, 2.05) is 29.2 Å². The molecule has 2 nitrogen and oxygen atoms in total. The zero-order valence-electron chi connectivity index (χ0n) is 8.55. The van der Waals surface area contributed by atoms with Crippen molar-refractivity contribution in [2.45, 2.75) is 13.8 Å². The summed E-state index contributed by atoms with van der Waals surface area (Å²) in [5.74, 6) is 0.600. The molecule has 76 valence electrons. The van der Waals surface area contributed by atoms with Gasteiger partial charge < -0.3 is 4.90 Å². The highest BCUT2D eigenvalue weighted by Crippen LogP contribution is 2.12. The molecule has 0 aromatic heterocycles. The number of hydrogen-bond donors (Lipinski definition) is 1. The molecule has 0 aliphatic carbocycles. The van der Waals surface area contributed by atoms with Crippen LogP contribution in [0.2, 0.25) is 0 Å². The van der Waals surface area contributed by atoms with Crippen molar-refractivity contribution >= 4 is 21.8 Å². The third-order valence-corrected chi connectivity index (χ3v) is 2.73. The van der Waals surface area contributed by atoms with Gasteiger partial charge in [0.25, 0.3) is 0 Å². The van der Waals surface area contributed by atoms with E-state index in [1.54, 1.807) is 0 Å². The lowest BCUT2D eigenvalue weighted by molar-refractivity contribution is 0.463. The highest BCUT2D eigenvalue weighted by molar-refractivity contribution is 9.10. The van der Waals surface area contributed by atoms with Gasteiger partial charge >= 0.3 is 0 Å². The SMILES string of the molecule is CCN(CC)C(=N)c1ccc(Br)cc1. The number of benzene rings is 1. The maximum atomic E-state index is 7.97. The van der Waals surface area contributed by atoms with E-state index in [-0.39, 0.29) is 0 Å². The Morgan fingerprint density at radius 2 is 1.71 bits per heavy atom. The second-order valence-electron chi connectivity index (χ2n) is 3.03. The highest BCUT2D eigenvalue weighted by atomic mass is 79.9. The molecule has 0 amide bonds. The largest absolute Gasteiger partial charge is 0.357 e. The van der Waals surface area contributed by atoms with Crippen molar-refractivity contribution in [2.24, 2.45) is 0 Å². The molecule has 0 aliphatic heterocycles. The van der Waals surface area contributed by atoms with E-state index in [9.17, 15) is 0 Å². The van der Waals surface area contributed by atoms with Gasteiger partial charge in [0, 0.05) is 23.1 Å². The van der Waals surface area contributed by atoms with Crippen LogP contribution in [0.3, 0.4) is 0 Å². The molecule has 0 saturated heterocycles. The number of hydrogen-bond acceptors (Lipinski definition) is 1. The lowest BCUT2D eigenvalue weighted by atomic mass is 10.2. The van der Waals surface area contributed by atoms with Gasteiger partial charge in [-0.05, 0) is 26.0 Å². The van der Waals surface area contributed by atoms with Gasteiger partial charge in [-0.2, -0.15) is 0 Å². The molecule has 0 radical (unpaired) electrons. The molecule has 0 heterocycles. The van der Waals surface area contributed by atoms with Gasteiger partial charge in [-0.25, -0.2) is 0 Å². The minimum atomic E-state index is 0.600. The smallest absolute Gasteiger partial charge is 0.128 e. The summed E-state index contributed by atoms with van der Waals surface area (Å²) in [4.78, 5) is 2.03. The van der Waals surface area contributed by atoms with Crippen LogP contribution in [0.5, 0.6) is 0 Å². The Labute approximate surface area is 93.6 Å². The van der Waals surface area contributed by atoms with Crippen molar-refractivity contribution < 1.29 is 0 Å². The van der Waals surface area contributed by atoms with Crippen LogP contribution in [-0.2, 0) is 0 Å². The molecule has 0 unspecified atom stereocenters. The van der Waals surface area contributed by atoms with E-state index >= 15 is 0 Å². The standard InChI is InChI=1S/C11H15BrN2/c1-3-14(4-2)11(13)9-5-7-10(12)8-6-9/h5-8,13H,3-4H2,1-2H3. The normalized spacial score (nSPS) is 9.93. The van der Waals surface area contributed by atoms with E-state index < -0.39 is 0 Å². The van der Waals surface area contributed by atoms with E-state index in [0.717, 1.165) is 23.1 Å². The maximum absolute atomic E-state index is 7.97. The fourth-order valence-electron chi connectivity index (χ4n) is 1.33. The van der Waals surface area contributed by atoms with Crippen LogP contribution >= 0.6 is 15.9 Å². The Balaban J connectivity index is 2.83. The van der Waals surface area contributed by atoms with Crippen molar-refractivity contribution in [3.05, 3.63) is 34.3 Å². The molecular weight excluding hydrogens is 240 g/mol. The first-order valence-electron chi connectivity index (χ1n) is 4.78. The third-order valence-electron chi connectivity index (χ3n) is 2.20. The quantitative estimate of drug-likeness (QED) is 0.652. The van der Waals surface area contributed by atoms with Crippen molar-refractivity contribution in [2.75, 3.05) is 13.1 Å². The predicted molar refractivity (Wildman–Crippen MR) is 63.9 cm³/mol. The van der Waals surface area contributed by atoms with Gasteiger partial charge in [0.2, 0.25) is 0 Å². The van der Waals surface area contributed by atoms with Gasteiger partial charge in [-0.1, -0.05) is 28.1 Å². The van der Waals surface area contributed by atoms with Crippen LogP contribution in [0.4, 0.5) is 0 Å². The topological polar surface area (TPSA) is 27.1 Å². The number of nitrogens with one attached hydrogen (secondary N) is 1. The van der Waals surface area contributed by atoms with Crippen molar-refractivity contribution in [3.8, 4) is 0 Å². The monoisotopic (exact) mass is 254 g/mol. The van der Waals surface area contributed by atoms with Crippen LogP contribution < -0.4 is 0 Å². The van der Waals surface area contributed by atoms with E-state index in [1.165, 1.54) is 0 Å². The zero-order chi connectivity index (χ0) is 10.6. The summed E-state index contributed by atoms with van der Waals surface area (Å²) in [5, 5.41) is 7.97. The van der Waals surface area contributed by atoms with Gasteiger partial charge in [-0.3, -0.25) is 5.41 Å². The summed E-state index contributed by atoms with van der Waals surface area (Å²) >= 11 is 3.38. The molecule has 1 rings (SSSR count). The van der Waals surface area contributed by atoms with Gasteiger partial charge in [-0.15, -0.1) is 0 Å². The van der Waals surface area contributed by atoms with Crippen molar-refractivity contribution in [1.29, 1.82) is 5.41 Å². The molecule has 0 bridgehead atoms. The van der Waals surface area contributed by atoms with Crippen molar-refractivity contribution in [3.63, 3.8) is 0 Å². The third kappa shape index (κ3) is 2.58. The Bertz CT molecular complexity index is 302. The second-order valence-corrected chi connectivity index (χ2v) is 3.94. The summed E-state index contributed by atoms with van der Waals surface area (Å²) in [7, 11) is 0. The summed E-state index contributed by atoms with van der Waals surface area (Å²) in [6.07, 6.45) is 0. The first-order chi connectivity index (χ1) is 6.69. The minimum Gasteiger partial charge on any atom is -0.357 e. The summed E-state index contributed by atoms with van der Waals surface area (Å²) in [6, 6.07) is 7.86. The number of halogens is 1. The van der Waals surface area contributed by atoms with E-state index in [0.29, 0.717) is 5.84 Å². The molecule has 14 heavy (non-hydrogen) atoms. The molecule has 0 spiro atoms. The maximum Gasteiger partial charge on any atom is 0.128 e. The Hall–Kier alpha value is -0.830. The summed E-state index contributed by atoms with van der Waals surface area (Å²) < 4.78 is 1.05. The predicted octanol–water partition coefficient (Wildman–Crippen LogP) is 3.12. The molecular formula is C11H15BrN2. The molecule has 3 heteroatoms. The zero-order valence-corrected chi connectivity index (χ0v) is 10.1.